The third-order valence-electron chi connectivity index (χ3n) is 1.91. The zero-order chi connectivity index (χ0) is 10.2. The topological polar surface area (TPSA) is 104 Å². The molecule has 1 fully saturated rings. The molecule has 1 unspecified atom stereocenters. The highest BCUT2D eigenvalue weighted by molar-refractivity contribution is 5.97. The minimum atomic E-state index is -1.15. The molecule has 0 radical (unpaired) electrons. The van der Waals surface area contributed by atoms with E-state index >= 15 is 0 Å². The fourth-order valence-electron chi connectivity index (χ4n) is 1.13. The third-order valence-corrected chi connectivity index (χ3v) is 1.91. The van der Waals surface area contributed by atoms with Gasteiger partial charge in [-0.3, -0.25) is 0 Å². The van der Waals surface area contributed by atoms with Gasteiger partial charge in [-0.05, 0) is 0 Å². The van der Waals surface area contributed by atoms with Crippen LogP contribution >= 0.6 is 0 Å². The molecular weight excluding hydrogens is 178 g/mol. The SMILES string of the molecule is CN1C(=O)N(C(N)=O)CC1C(=O)O. The highest BCUT2D eigenvalue weighted by Crippen LogP contribution is 2.13. The van der Waals surface area contributed by atoms with Gasteiger partial charge in [-0.25, -0.2) is 19.3 Å². The average molecular weight is 187 g/mol. The Labute approximate surface area is 73.7 Å². The molecule has 0 spiro atoms. The lowest BCUT2D eigenvalue weighted by molar-refractivity contribution is -0.140. The number of amides is 4. The summed E-state index contributed by atoms with van der Waals surface area (Å²) < 4.78 is 0. The average Bonchev–Trinajstić information content (AvgIpc) is 2.29. The lowest BCUT2D eigenvalue weighted by atomic mass is 10.3. The van der Waals surface area contributed by atoms with Crippen molar-refractivity contribution in [2.75, 3.05) is 13.6 Å². The summed E-state index contributed by atoms with van der Waals surface area (Å²) in [6.07, 6.45) is 0. The summed E-state index contributed by atoms with van der Waals surface area (Å²) in [6.45, 7) is -0.194. The number of carboxylic acid groups (broad SMARTS) is 1. The number of likely N-dealkylation sites (N-methyl/N-ethyl adjacent to an activating group) is 1. The van der Waals surface area contributed by atoms with Crippen molar-refractivity contribution in [3.63, 3.8) is 0 Å². The first-order valence-corrected chi connectivity index (χ1v) is 3.51. The maximum absolute atomic E-state index is 11.1. The summed E-state index contributed by atoms with van der Waals surface area (Å²) >= 11 is 0. The first-order chi connectivity index (χ1) is 5.95. The van der Waals surface area contributed by atoms with E-state index in [1.807, 2.05) is 0 Å². The van der Waals surface area contributed by atoms with Gasteiger partial charge in [0.25, 0.3) is 0 Å². The molecule has 0 aromatic rings. The normalized spacial score (nSPS) is 22.2. The Morgan fingerprint density at radius 1 is 1.62 bits per heavy atom. The Morgan fingerprint density at radius 3 is 2.38 bits per heavy atom. The lowest BCUT2D eigenvalue weighted by Gasteiger charge is -2.12. The first kappa shape index (κ1) is 9.30. The largest absolute Gasteiger partial charge is 0.480 e. The van der Waals surface area contributed by atoms with Crippen LogP contribution in [0.3, 0.4) is 0 Å². The van der Waals surface area contributed by atoms with Gasteiger partial charge in [0.1, 0.15) is 6.04 Å². The second-order valence-electron chi connectivity index (χ2n) is 2.70. The summed E-state index contributed by atoms with van der Waals surface area (Å²) in [7, 11) is 1.31. The Bertz CT molecular complexity index is 277. The predicted molar refractivity (Wildman–Crippen MR) is 40.9 cm³/mol. The molecule has 0 aliphatic carbocycles. The van der Waals surface area contributed by atoms with Gasteiger partial charge < -0.3 is 15.7 Å². The fraction of sp³-hybridized carbons (Fsp3) is 0.500. The maximum atomic E-state index is 11.1. The van der Waals surface area contributed by atoms with Crippen LogP contribution in [0.2, 0.25) is 0 Å². The standard InChI is InChI=1S/C6H9N3O4/c1-8-3(4(10)11)2-9(5(7)12)6(8)13/h3H,2H2,1H3,(H2,7,12)(H,10,11). The second-order valence-corrected chi connectivity index (χ2v) is 2.70. The van der Waals surface area contributed by atoms with Crippen LogP contribution in [0, 0.1) is 0 Å². The summed E-state index contributed by atoms with van der Waals surface area (Å²) in [5.74, 6) is -1.15. The number of hydrogen-bond acceptors (Lipinski definition) is 3. The van der Waals surface area contributed by atoms with E-state index in [0.29, 0.717) is 4.90 Å². The zero-order valence-corrected chi connectivity index (χ0v) is 6.93. The van der Waals surface area contributed by atoms with Gasteiger partial charge in [-0.2, -0.15) is 0 Å². The van der Waals surface area contributed by atoms with E-state index in [4.69, 9.17) is 10.8 Å². The number of carbonyl (C=O) groups is 3. The van der Waals surface area contributed by atoms with Crippen LogP contribution in [0.1, 0.15) is 0 Å². The minimum absolute atomic E-state index is 0.194. The smallest absolute Gasteiger partial charge is 0.328 e. The molecule has 1 heterocycles. The minimum Gasteiger partial charge on any atom is -0.480 e. The molecule has 1 aliphatic heterocycles. The van der Waals surface area contributed by atoms with Crippen molar-refractivity contribution in [1.29, 1.82) is 0 Å². The van der Waals surface area contributed by atoms with Crippen molar-refractivity contribution in [3.8, 4) is 0 Å². The molecule has 7 heteroatoms. The lowest BCUT2D eigenvalue weighted by Crippen LogP contribution is -2.38. The monoisotopic (exact) mass is 187 g/mol. The third kappa shape index (κ3) is 1.40. The summed E-state index contributed by atoms with van der Waals surface area (Å²) in [5.41, 5.74) is 4.86. The van der Waals surface area contributed by atoms with Crippen molar-refractivity contribution in [2.24, 2.45) is 5.73 Å². The summed E-state index contributed by atoms with van der Waals surface area (Å²) in [4.78, 5) is 34.0. The van der Waals surface area contributed by atoms with Crippen LogP contribution in [-0.4, -0.2) is 52.6 Å². The second kappa shape index (κ2) is 2.92. The van der Waals surface area contributed by atoms with Crippen molar-refractivity contribution >= 4 is 18.0 Å². The quantitative estimate of drug-likeness (QED) is 0.542. The number of aliphatic carboxylic acids is 1. The number of nitrogens with zero attached hydrogens (tertiary/aromatic N) is 2. The van der Waals surface area contributed by atoms with E-state index < -0.39 is 24.1 Å². The molecule has 1 saturated heterocycles. The van der Waals surface area contributed by atoms with E-state index in [1.54, 1.807) is 0 Å². The van der Waals surface area contributed by atoms with Gasteiger partial charge in [0, 0.05) is 7.05 Å². The van der Waals surface area contributed by atoms with Crippen LogP contribution in [-0.2, 0) is 4.79 Å². The molecule has 13 heavy (non-hydrogen) atoms. The van der Waals surface area contributed by atoms with Crippen molar-refractivity contribution in [1.82, 2.24) is 9.80 Å². The van der Waals surface area contributed by atoms with Crippen molar-refractivity contribution < 1.29 is 19.5 Å². The number of nitrogens with two attached hydrogens (primary N) is 1. The van der Waals surface area contributed by atoms with Crippen LogP contribution in [0.5, 0.6) is 0 Å². The molecule has 0 aromatic carbocycles. The van der Waals surface area contributed by atoms with E-state index in [9.17, 15) is 14.4 Å². The molecule has 3 N–H and O–H groups in total. The van der Waals surface area contributed by atoms with E-state index in [1.165, 1.54) is 7.05 Å². The number of imide groups is 1. The molecule has 1 atom stereocenters. The van der Waals surface area contributed by atoms with E-state index in [-0.39, 0.29) is 6.54 Å². The Morgan fingerprint density at radius 2 is 2.15 bits per heavy atom. The van der Waals surface area contributed by atoms with Gasteiger partial charge in [0.05, 0.1) is 6.54 Å². The van der Waals surface area contributed by atoms with Crippen LogP contribution in [0.15, 0.2) is 0 Å². The first-order valence-electron chi connectivity index (χ1n) is 3.51. The van der Waals surface area contributed by atoms with E-state index in [2.05, 4.69) is 0 Å². The number of rotatable bonds is 1. The molecule has 1 rings (SSSR count). The number of carboxylic acids is 1. The molecule has 4 amide bonds. The van der Waals surface area contributed by atoms with Crippen molar-refractivity contribution in [3.05, 3.63) is 0 Å². The molecule has 1 aliphatic rings. The van der Waals surface area contributed by atoms with Crippen molar-refractivity contribution in [2.45, 2.75) is 6.04 Å². The Balaban J connectivity index is 2.84. The number of carbonyl (C=O) groups excluding carboxylic acids is 2. The predicted octanol–water partition coefficient (Wildman–Crippen LogP) is -1.11. The van der Waals surface area contributed by atoms with Gasteiger partial charge in [0.15, 0.2) is 0 Å². The number of hydrogen-bond donors (Lipinski definition) is 2. The van der Waals surface area contributed by atoms with Crippen LogP contribution in [0.25, 0.3) is 0 Å². The van der Waals surface area contributed by atoms with Gasteiger partial charge >= 0.3 is 18.0 Å². The van der Waals surface area contributed by atoms with Gasteiger partial charge in [-0.15, -0.1) is 0 Å². The molecule has 72 valence electrons. The molecular formula is C6H9N3O4. The maximum Gasteiger partial charge on any atom is 0.328 e. The van der Waals surface area contributed by atoms with Crippen LogP contribution < -0.4 is 5.73 Å². The molecule has 0 aromatic heterocycles. The Hall–Kier alpha value is -1.79. The molecule has 0 bridgehead atoms. The highest BCUT2D eigenvalue weighted by atomic mass is 16.4. The molecule has 7 nitrogen and oxygen atoms in total. The van der Waals surface area contributed by atoms with Gasteiger partial charge in [-0.1, -0.05) is 0 Å². The Kier molecular flexibility index (Phi) is 2.09. The van der Waals surface area contributed by atoms with Crippen LogP contribution in [0.4, 0.5) is 9.59 Å². The highest BCUT2D eigenvalue weighted by Gasteiger charge is 2.41. The number of primary amides is 1. The number of urea groups is 2. The molecule has 0 saturated carbocycles. The zero-order valence-electron chi connectivity index (χ0n) is 6.93. The fourth-order valence-corrected chi connectivity index (χ4v) is 1.13. The van der Waals surface area contributed by atoms with E-state index in [0.717, 1.165) is 4.90 Å². The summed E-state index contributed by atoms with van der Waals surface area (Å²) in [5, 5.41) is 8.63. The van der Waals surface area contributed by atoms with Gasteiger partial charge in [0.2, 0.25) is 0 Å². The summed E-state index contributed by atoms with van der Waals surface area (Å²) in [6, 6.07) is -2.61.